The van der Waals surface area contributed by atoms with Gasteiger partial charge in [0.25, 0.3) is 0 Å². The van der Waals surface area contributed by atoms with Crippen molar-refractivity contribution in [2.24, 2.45) is 0 Å². The van der Waals surface area contributed by atoms with Crippen molar-refractivity contribution in [3.05, 3.63) is 70.8 Å². The van der Waals surface area contributed by atoms with Gasteiger partial charge in [0.2, 0.25) is 11.0 Å². The Morgan fingerprint density at radius 2 is 1.65 bits per heavy atom. The van der Waals surface area contributed by atoms with Crippen LogP contribution >= 0.6 is 23.1 Å². The second-order valence-corrected chi connectivity index (χ2v) is 10.1. The summed E-state index contributed by atoms with van der Waals surface area (Å²) in [6.45, 7) is 5.90. The molecular formula is C24H25N3O2S2. The fraction of sp³-hybridized carbons (Fsp3) is 0.333. The highest BCUT2D eigenvalue weighted by molar-refractivity contribution is 8.02. The third kappa shape index (κ3) is 5.05. The summed E-state index contributed by atoms with van der Waals surface area (Å²) in [5, 5.41) is 8.81. The van der Waals surface area contributed by atoms with Crippen LogP contribution < -0.4 is 4.90 Å². The van der Waals surface area contributed by atoms with Gasteiger partial charge in [0.1, 0.15) is 0 Å². The number of ketones is 1. The number of nitrogens with zero attached hydrogens (tertiary/aromatic N) is 3. The van der Waals surface area contributed by atoms with Gasteiger partial charge in [-0.25, -0.2) is 0 Å². The number of aryl methyl sites for hydroxylation is 2. The van der Waals surface area contributed by atoms with Crippen LogP contribution in [-0.4, -0.2) is 27.9 Å². The lowest BCUT2D eigenvalue weighted by atomic mass is 10.0. The number of hydrogen-bond acceptors (Lipinski definition) is 6. The molecular weight excluding hydrogens is 426 g/mol. The van der Waals surface area contributed by atoms with Gasteiger partial charge in [-0.1, -0.05) is 89.7 Å². The van der Waals surface area contributed by atoms with Crippen molar-refractivity contribution in [3.8, 4) is 0 Å². The monoisotopic (exact) mass is 451 g/mol. The zero-order chi connectivity index (χ0) is 22.0. The van der Waals surface area contributed by atoms with E-state index >= 15 is 0 Å². The van der Waals surface area contributed by atoms with E-state index in [1.165, 1.54) is 23.1 Å². The Morgan fingerprint density at radius 3 is 2.23 bits per heavy atom. The van der Waals surface area contributed by atoms with Crippen molar-refractivity contribution < 1.29 is 9.59 Å². The Bertz CT molecular complexity index is 1070. The van der Waals surface area contributed by atoms with Gasteiger partial charge in [0, 0.05) is 18.0 Å². The molecule has 3 aromatic rings. The molecule has 4 rings (SSSR count). The molecule has 1 amide bonds. The van der Waals surface area contributed by atoms with Gasteiger partial charge in [-0.15, -0.1) is 10.2 Å². The van der Waals surface area contributed by atoms with E-state index in [4.69, 9.17) is 0 Å². The zero-order valence-corrected chi connectivity index (χ0v) is 19.5. The van der Waals surface area contributed by atoms with Crippen LogP contribution in [-0.2, 0) is 4.79 Å². The van der Waals surface area contributed by atoms with Gasteiger partial charge in [-0.05, 0) is 32.3 Å². The Hall–Kier alpha value is -2.51. The molecule has 1 aliphatic carbocycles. The van der Waals surface area contributed by atoms with Crippen LogP contribution in [0, 0.1) is 13.8 Å². The Morgan fingerprint density at radius 1 is 1.03 bits per heavy atom. The first-order chi connectivity index (χ1) is 15.0. The van der Waals surface area contributed by atoms with Gasteiger partial charge in [0.05, 0.1) is 5.25 Å². The Balaban J connectivity index is 1.63. The van der Waals surface area contributed by atoms with Crippen LogP contribution in [0.4, 0.5) is 5.13 Å². The van der Waals surface area contributed by atoms with E-state index in [0.717, 1.165) is 29.5 Å². The topological polar surface area (TPSA) is 63.2 Å². The quantitative estimate of drug-likeness (QED) is 0.247. The normalized spacial score (nSPS) is 14.3. The number of benzene rings is 2. The van der Waals surface area contributed by atoms with Crippen LogP contribution in [0.5, 0.6) is 0 Å². The van der Waals surface area contributed by atoms with Crippen molar-refractivity contribution in [1.82, 2.24) is 10.2 Å². The summed E-state index contributed by atoms with van der Waals surface area (Å²) in [6.07, 6.45) is 2.45. The predicted octanol–water partition coefficient (Wildman–Crippen LogP) is 5.78. The number of hydrogen-bond donors (Lipinski definition) is 0. The third-order valence-corrected chi connectivity index (χ3v) is 7.52. The minimum Gasteiger partial charge on any atom is -0.293 e. The van der Waals surface area contributed by atoms with E-state index in [9.17, 15) is 9.59 Å². The van der Waals surface area contributed by atoms with Crippen LogP contribution in [0.15, 0.2) is 52.9 Å². The molecule has 1 fully saturated rings. The number of anilines is 1. The van der Waals surface area contributed by atoms with Gasteiger partial charge in [0.15, 0.2) is 10.1 Å². The second-order valence-electron chi connectivity index (χ2n) is 7.84. The van der Waals surface area contributed by atoms with Gasteiger partial charge in [-0.2, -0.15) is 0 Å². The minimum absolute atomic E-state index is 0.0364. The number of aromatic nitrogens is 2. The smallest absolute Gasteiger partial charge is 0.228 e. The summed E-state index contributed by atoms with van der Waals surface area (Å²) in [5.74, 6) is 0.107. The summed E-state index contributed by atoms with van der Waals surface area (Å²) in [5.41, 5.74) is 3.87. The molecule has 31 heavy (non-hydrogen) atoms. The van der Waals surface area contributed by atoms with Crippen molar-refractivity contribution in [1.29, 1.82) is 0 Å². The molecule has 5 nitrogen and oxygen atoms in total. The van der Waals surface area contributed by atoms with E-state index in [2.05, 4.69) is 10.2 Å². The Kier molecular flexibility index (Phi) is 6.53. The number of rotatable bonds is 8. The lowest BCUT2D eigenvalue weighted by Crippen LogP contribution is -2.32. The number of carbonyl (C=O) groups is 2. The molecule has 0 spiro atoms. The molecule has 1 heterocycles. The highest BCUT2D eigenvalue weighted by atomic mass is 32.2. The molecule has 2 aromatic carbocycles. The van der Waals surface area contributed by atoms with Crippen molar-refractivity contribution in [2.45, 2.75) is 55.7 Å². The molecule has 0 N–H and O–H groups in total. The van der Waals surface area contributed by atoms with Crippen molar-refractivity contribution >= 4 is 39.9 Å². The maximum atomic E-state index is 13.4. The average Bonchev–Trinajstić information content (AvgIpc) is 3.50. The first kappa shape index (κ1) is 21.7. The molecule has 0 saturated heterocycles. The van der Waals surface area contributed by atoms with Gasteiger partial charge in [-0.3, -0.25) is 14.5 Å². The predicted molar refractivity (Wildman–Crippen MR) is 126 cm³/mol. The first-order valence-electron chi connectivity index (χ1n) is 10.5. The molecule has 7 heteroatoms. The molecule has 1 aromatic heterocycles. The number of thioether (sulfide) groups is 1. The molecule has 0 radical (unpaired) electrons. The van der Waals surface area contributed by atoms with Crippen molar-refractivity contribution in [3.63, 3.8) is 0 Å². The minimum atomic E-state index is -0.430. The van der Waals surface area contributed by atoms with E-state index in [1.54, 1.807) is 4.90 Å². The SMILES string of the molecule is CCC(=O)N(c1nnc(SC(C(=O)c2ccc(C)cc2)c2ccc(C)cc2)s1)C1CC1. The number of carbonyl (C=O) groups excluding carboxylic acids is 2. The van der Waals surface area contributed by atoms with Crippen LogP contribution in [0.1, 0.15) is 58.5 Å². The van der Waals surface area contributed by atoms with Gasteiger partial charge >= 0.3 is 0 Å². The highest BCUT2D eigenvalue weighted by Crippen LogP contribution is 2.42. The van der Waals surface area contributed by atoms with Crippen LogP contribution in [0.2, 0.25) is 0 Å². The summed E-state index contributed by atoms with van der Waals surface area (Å²) in [4.78, 5) is 27.6. The first-order valence-corrected chi connectivity index (χ1v) is 12.2. The standard InChI is InChI=1S/C24H25N3O2S2/c1-4-20(28)27(19-13-14-19)23-25-26-24(31-23)30-22(18-11-7-16(3)8-12-18)21(29)17-9-5-15(2)6-10-17/h5-12,19,22H,4,13-14H2,1-3H3. The highest BCUT2D eigenvalue weighted by Gasteiger charge is 2.35. The molecule has 1 unspecified atom stereocenters. The third-order valence-electron chi connectivity index (χ3n) is 5.26. The lowest BCUT2D eigenvalue weighted by molar-refractivity contribution is -0.118. The lowest BCUT2D eigenvalue weighted by Gasteiger charge is -2.17. The number of amides is 1. The molecule has 1 aliphatic rings. The fourth-order valence-corrected chi connectivity index (χ4v) is 5.50. The van der Waals surface area contributed by atoms with Crippen molar-refractivity contribution in [2.75, 3.05) is 4.90 Å². The Labute approximate surface area is 190 Å². The molecule has 0 aliphatic heterocycles. The van der Waals surface area contributed by atoms with E-state index < -0.39 is 5.25 Å². The fourth-order valence-electron chi connectivity index (χ4n) is 3.30. The molecule has 160 valence electrons. The van der Waals surface area contributed by atoms with E-state index in [-0.39, 0.29) is 17.7 Å². The zero-order valence-electron chi connectivity index (χ0n) is 17.9. The van der Waals surface area contributed by atoms with E-state index in [0.29, 0.717) is 21.5 Å². The molecule has 1 atom stereocenters. The summed E-state index contributed by atoms with van der Waals surface area (Å²) in [7, 11) is 0. The molecule has 1 saturated carbocycles. The van der Waals surface area contributed by atoms with Gasteiger partial charge < -0.3 is 0 Å². The maximum Gasteiger partial charge on any atom is 0.228 e. The number of Topliss-reactive ketones (excluding diaryl/α,β-unsaturated/α-hetero) is 1. The molecule has 0 bridgehead atoms. The summed E-state index contributed by atoms with van der Waals surface area (Å²) in [6, 6.07) is 15.9. The average molecular weight is 452 g/mol. The second kappa shape index (κ2) is 9.32. The van der Waals surface area contributed by atoms with Crippen LogP contribution in [0.3, 0.4) is 0 Å². The summed E-state index contributed by atoms with van der Waals surface area (Å²) < 4.78 is 0.690. The largest absolute Gasteiger partial charge is 0.293 e. The maximum absolute atomic E-state index is 13.4. The van der Waals surface area contributed by atoms with E-state index in [1.807, 2.05) is 69.3 Å². The summed E-state index contributed by atoms with van der Waals surface area (Å²) >= 11 is 2.79. The van der Waals surface area contributed by atoms with Crippen LogP contribution in [0.25, 0.3) is 0 Å².